The maximum Gasteiger partial charge on any atom is 0.252 e. The molecule has 0 radical (unpaired) electrons. The van der Waals surface area contributed by atoms with Crippen LogP contribution >= 0.6 is 11.8 Å². The predicted octanol–water partition coefficient (Wildman–Crippen LogP) is 0.528. The summed E-state index contributed by atoms with van der Waals surface area (Å²) in [7, 11) is 0. The van der Waals surface area contributed by atoms with Crippen molar-refractivity contribution in [3.8, 4) is 0 Å². The van der Waals surface area contributed by atoms with Gasteiger partial charge in [0, 0.05) is 12.3 Å². The van der Waals surface area contributed by atoms with Crippen molar-refractivity contribution in [2.24, 2.45) is 0 Å². The molecule has 3 aromatic rings. The second-order valence-electron chi connectivity index (χ2n) is 4.77. The van der Waals surface area contributed by atoms with E-state index in [0.717, 1.165) is 0 Å². The Balaban J connectivity index is 1.82. The fourth-order valence-corrected chi connectivity index (χ4v) is 3.01. The second-order valence-corrected chi connectivity index (χ2v) is 5.97. The summed E-state index contributed by atoms with van der Waals surface area (Å²) in [5, 5.41) is 2.66. The van der Waals surface area contributed by atoms with E-state index in [0.29, 0.717) is 22.6 Å². The predicted molar refractivity (Wildman–Crippen MR) is 89.5 cm³/mol. The zero-order valence-electron chi connectivity index (χ0n) is 12.6. The molecular weight excluding hydrogens is 332 g/mol. The first kappa shape index (κ1) is 15.9. The first-order valence-electron chi connectivity index (χ1n) is 7.06. The molecular formula is C13H14N8O2S. The number of aromatic nitrogens is 6. The SMILES string of the molecule is CC[C@H](Sc1nc(N)nc2nc[nH]c12)C(=O)Nc1nccc(=O)[nH]1. The Hall–Kier alpha value is -2.95. The quantitative estimate of drug-likeness (QED) is 0.385. The molecule has 3 aromatic heterocycles. The first-order valence-corrected chi connectivity index (χ1v) is 7.94. The van der Waals surface area contributed by atoms with Crippen LogP contribution in [0, 0.1) is 0 Å². The van der Waals surface area contributed by atoms with Gasteiger partial charge in [-0.1, -0.05) is 18.7 Å². The Morgan fingerprint density at radius 1 is 1.42 bits per heavy atom. The molecule has 0 bridgehead atoms. The third kappa shape index (κ3) is 3.35. The highest BCUT2D eigenvalue weighted by Crippen LogP contribution is 2.29. The standard InChI is InChI=1S/C13H14N8O2S/c1-2-6(10(23)20-13-15-4-3-7(22)18-13)24-11-8-9(17-5-16-8)19-12(14)21-11/h3-6H,2H2,1H3,(H3,14,16,17,19,21)(H2,15,18,20,22,23)/t6-/m0/s1. The number of aromatic amines is 2. The van der Waals surface area contributed by atoms with Crippen LogP contribution in [0.25, 0.3) is 11.2 Å². The van der Waals surface area contributed by atoms with E-state index >= 15 is 0 Å². The molecule has 0 aliphatic heterocycles. The van der Waals surface area contributed by atoms with E-state index in [2.05, 4.69) is 35.2 Å². The number of imidazole rings is 1. The second kappa shape index (κ2) is 6.66. The number of nitrogens with one attached hydrogen (secondary N) is 3. The lowest BCUT2D eigenvalue weighted by Crippen LogP contribution is -2.26. The molecule has 1 atom stereocenters. The van der Waals surface area contributed by atoms with Gasteiger partial charge >= 0.3 is 0 Å². The molecule has 3 rings (SSSR count). The molecule has 0 fully saturated rings. The average Bonchev–Trinajstić information content (AvgIpc) is 3.00. The number of fused-ring (bicyclic) bond motifs is 1. The van der Waals surface area contributed by atoms with Gasteiger partial charge in [-0.25, -0.2) is 15.0 Å². The van der Waals surface area contributed by atoms with Gasteiger partial charge in [0.25, 0.3) is 5.56 Å². The van der Waals surface area contributed by atoms with Crippen molar-refractivity contribution in [2.45, 2.75) is 23.6 Å². The molecule has 11 heteroatoms. The maximum absolute atomic E-state index is 12.4. The summed E-state index contributed by atoms with van der Waals surface area (Å²) >= 11 is 1.23. The van der Waals surface area contributed by atoms with Crippen molar-refractivity contribution in [3.05, 3.63) is 28.9 Å². The van der Waals surface area contributed by atoms with Crippen LogP contribution in [0.1, 0.15) is 13.3 Å². The number of anilines is 2. The number of rotatable bonds is 5. The lowest BCUT2D eigenvalue weighted by atomic mass is 10.3. The Morgan fingerprint density at radius 2 is 2.25 bits per heavy atom. The van der Waals surface area contributed by atoms with Crippen molar-refractivity contribution < 1.29 is 4.79 Å². The summed E-state index contributed by atoms with van der Waals surface area (Å²) in [6, 6.07) is 1.26. The topological polar surface area (TPSA) is 155 Å². The summed E-state index contributed by atoms with van der Waals surface area (Å²) in [4.78, 5) is 45.2. The minimum Gasteiger partial charge on any atom is -0.368 e. The van der Waals surface area contributed by atoms with E-state index < -0.39 is 5.25 Å². The zero-order valence-corrected chi connectivity index (χ0v) is 13.4. The van der Waals surface area contributed by atoms with E-state index in [4.69, 9.17) is 5.73 Å². The molecule has 0 saturated carbocycles. The van der Waals surface area contributed by atoms with Gasteiger partial charge in [-0.3, -0.25) is 19.9 Å². The van der Waals surface area contributed by atoms with Crippen LogP contribution in [0.5, 0.6) is 0 Å². The molecule has 0 spiro atoms. The molecule has 0 aliphatic rings. The van der Waals surface area contributed by atoms with Gasteiger partial charge in [0.2, 0.25) is 17.8 Å². The summed E-state index contributed by atoms with van der Waals surface area (Å²) in [5.41, 5.74) is 6.39. The Morgan fingerprint density at radius 3 is 3.00 bits per heavy atom. The molecule has 1 amide bonds. The normalized spacial score (nSPS) is 12.2. The van der Waals surface area contributed by atoms with Gasteiger partial charge in [0.1, 0.15) is 10.5 Å². The Bertz CT molecular complexity index is 937. The highest BCUT2D eigenvalue weighted by molar-refractivity contribution is 8.00. The van der Waals surface area contributed by atoms with E-state index in [1.54, 1.807) is 0 Å². The van der Waals surface area contributed by atoms with Crippen LogP contribution in [0.3, 0.4) is 0 Å². The number of nitrogens with two attached hydrogens (primary N) is 1. The fraction of sp³-hybridized carbons (Fsp3) is 0.231. The van der Waals surface area contributed by atoms with E-state index in [9.17, 15) is 9.59 Å². The van der Waals surface area contributed by atoms with E-state index in [1.165, 1.54) is 30.4 Å². The van der Waals surface area contributed by atoms with Crippen molar-refractivity contribution >= 4 is 40.7 Å². The number of nitrogens with zero attached hydrogens (tertiary/aromatic N) is 4. The number of carbonyl (C=O) groups is 1. The smallest absolute Gasteiger partial charge is 0.252 e. The number of hydrogen-bond acceptors (Lipinski definition) is 8. The molecule has 5 N–H and O–H groups in total. The van der Waals surface area contributed by atoms with Crippen molar-refractivity contribution in [1.82, 2.24) is 29.9 Å². The van der Waals surface area contributed by atoms with E-state index in [-0.39, 0.29) is 23.4 Å². The number of thioether (sulfide) groups is 1. The minimum absolute atomic E-state index is 0.0846. The molecule has 0 aliphatic carbocycles. The zero-order chi connectivity index (χ0) is 17.1. The van der Waals surface area contributed by atoms with Gasteiger partial charge in [-0.2, -0.15) is 4.98 Å². The third-order valence-electron chi connectivity index (χ3n) is 3.10. The van der Waals surface area contributed by atoms with Crippen molar-refractivity contribution in [1.29, 1.82) is 0 Å². The van der Waals surface area contributed by atoms with Crippen LogP contribution in [0.2, 0.25) is 0 Å². The number of nitrogen functional groups attached to an aromatic ring is 1. The van der Waals surface area contributed by atoms with Gasteiger partial charge in [0.05, 0.1) is 11.6 Å². The number of H-pyrrole nitrogens is 2. The summed E-state index contributed by atoms with van der Waals surface area (Å²) in [6.07, 6.45) is 3.34. The highest BCUT2D eigenvalue weighted by atomic mass is 32.2. The van der Waals surface area contributed by atoms with Gasteiger partial charge < -0.3 is 10.7 Å². The highest BCUT2D eigenvalue weighted by Gasteiger charge is 2.22. The minimum atomic E-state index is -0.462. The Labute approximate surface area is 139 Å². The average molecular weight is 346 g/mol. The van der Waals surface area contributed by atoms with Crippen molar-refractivity contribution in [3.63, 3.8) is 0 Å². The largest absolute Gasteiger partial charge is 0.368 e. The first-order chi connectivity index (χ1) is 11.6. The molecule has 10 nitrogen and oxygen atoms in total. The summed E-state index contributed by atoms with van der Waals surface area (Å²) < 4.78 is 0. The summed E-state index contributed by atoms with van der Waals surface area (Å²) in [6.45, 7) is 1.87. The molecule has 24 heavy (non-hydrogen) atoms. The molecule has 3 heterocycles. The number of amides is 1. The monoisotopic (exact) mass is 346 g/mol. The lowest BCUT2D eigenvalue weighted by molar-refractivity contribution is -0.115. The molecule has 124 valence electrons. The third-order valence-corrected chi connectivity index (χ3v) is 4.45. The lowest BCUT2D eigenvalue weighted by Gasteiger charge is -2.14. The number of hydrogen-bond donors (Lipinski definition) is 4. The van der Waals surface area contributed by atoms with Gasteiger partial charge in [0.15, 0.2) is 5.65 Å². The number of carbonyl (C=O) groups excluding carboxylic acids is 1. The summed E-state index contributed by atoms with van der Waals surface area (Å²) in [5.74, 6) is -0.122. The van der Waals surface area contributed by atoms with Crippen molar-refractivity contribution in [2.75, 3.05) is 11.1 Å². The fourth-order valence-electron chi connectivity index (χ4n) is 2.00. The van der Waals surface area contributed by atoms with Crippen LogP contribution in [0.4, 0.5) is 11.9 Å². The van der Waals surface area contributed by atoms with E-state index in [1.807, 2.05) is 6.92 Å². The molecule has 0 unspecified atom stereocenters. The Kier molecular flexibility index (Phi) is 4.42. The molecule has 0 aromatic carbocycles. The maximum atomic E-state index is 12.4. The van der Waals surface area contributed by atoms with Crippen LogP contribution in [0.15, 0.2) is 28.4 Å². The van der Waals surface area contributed by atoms with Crippen LogP contribution < -0.4 is 16.6 Å². The molecule has 0 saturated heterocycles. The van der Waals surface area contributed by atoms with Crippen LogP contribution in [-0.4, -0.2) is 41.1 Å². The van der Waals surface area contributed by atoms with Crippen LogP contribution in [-0.2, 0) is 4.79 Å². The van der Waals surface area contributed by atoms with Gasteiger partial charge in [-0.05, 0) is 6.42 Å². The van der Waals surface area contributed by atoms with Gasteiger partial charge in [-0.15, -0.1) is 0 Å².